The van der Waals surface area contributed by atoms with Crippen LogP contribution in [0.1, 0.15) is 13.8 Å². The summed E-state index contributed by atoms with van der Waals surface area (Å²) in [5.74, 6) is 0.0139. The number of methoxy groups -OCH3 is 1. The van der Waals surface area contributed by atoms with Gasteiger partial charge in [0.2, 0.25) is 10.0 Å². The highest BCUT2D eigenvalue weighted by Crippen LogP contribution is 2.29. The Morgan fingerprint density at radius 2 is 2.05 bits per heavy atom. The number of ether oxygens (including phenoxy) is 1. The highest BCUT2D eigenvalue weighted by molar-refractivity contribution is 7.89. The van der Waals surface area contributed by atoms with Crippen LogP contribution in [0.15, 0.2) is 23.1 Å². The molecule has 0 aromatic heterocycles. The number of halogens is 1. The second-order valence-electron chi connectivity index (χ2n) is 4.40. The SMILES string of the molecule is CCN[C@H](C)CNS(=O)(=O)c1ccc(OC)c([N+](=O)[O-])c1.Cl. The van der Waals surface area contributed by atoms with Gasteiger partial charge >= 0.3 is 5.69 Å². The number of rotatable bonds is 8. The van der Waals surface area contributed by atoms with Gasteiger partial charge < -0.3 is 10.1 Å². The van der Waals surface area contributed by atoms with Gasteiger partial charge in [-0.1, -0.05) is 6.92 Å². The molecule has 1 aromatic rings. The molecule has 8 nitrogen and oxygen atoms in total. The van der Waals surface area contributed by atoms with Gasteiger partial charge in [-0.25, -0.2) is 13.1 Å². The fourth-order valence-corrected chi connectivity index (χ4v) is 2.87. The van der Waals surface area contributed by atoms with E-state index in [1.54, 1.807) is 0 Å². The van der Waals surface area contributed by atoms with E-state index in [9.17, 15) is 18.5 Å². The molecule has 0 radical (unpaired) electrons. The molecule has 1 atom stereocenters. The first-order valence-electron chi connectivity index (χ1n) is 6.37. The average Bonchev–Trinajstić information content (AvgIpc) is 2.44. The Kier molecular flexibility index (Phi) is 8.31. The molecule has 0 saturated heterocycles. The summed E-state index contributed by atoms with van der Waals surface area (Å²) < 4.78 is 31.5. The first kappa shape index (κ1) is 20.6. The van der Waals surface area contributed by atoms with Gasteiger partial charge in [0.25, 0.3) is 0 Å². The largest absolute Gasteiger partial charge is 0.490 e. The summed E-state index contributed by atoms with van der Waals surface area (Å²) in [6.45, 7) is 4.66. The third-order valence-corrected chi connectivity index (χ3v) is 4.21. The van der Waals surface area contributed by atoms with Gasteiger partial charge in [-0.05, 0) is 25.6 Å². The van der Waals surface area contributed by atoms with Crippen molar-refractivity contribution in [2.24, 2.45) is 0 Å². The van der Waals surface area contributed by atoms with Crippen LogP contribution in [-0.4, -0.2) is 39.6 Å². The fourth-order valence-electron chi connectivity index (χ4n) is 1.72. The van der Waals surface area contributed by atoms with Gasteiger partial charge in [0.15, 0.2) is 5.75 Å². The molecule has 2 N–H and O–H groups in total. The summed E-state index contributed by atoms with van der Waals surface area (Å²) >= 11 is 0. The zero-order valence-corrected chi connectivity index (χ0v) is 14.2. The predicted molar refractivity (Wildman–Crippen MR) is 85.2 cm³/mol. The maximum Gasteiger partial charge on any atom is 0.312 e. The fraction of sp³-hybridized carbons (Fsp3) is 0.500. The number of nitrogens with zero attached hydrogens (tertiary/aromatic N) is 1. The summed E-state index contributed by atoms with van der Waals surface area (Å²) in [6.07, 6.45) is 0. The second kappa shape index (κ2) is 8.89. The molecule has 0 saturated carbocycles. The third-order valence-electron chi connectivity index (χ3n) is 2.79. The topological polar surface area (TPSA) is 111 Å². The Labute approximate surface area is 135 Å². The van der Waals surface area contributed by atoms with Gasteiger partial charge in [0.1, 0.15) is 0 Å². The van der Waals surface area contributed by atoms with Gasteiger partial charge in [-0.15, -0.1) is 12.4 Å². The van der Waals surface area contributed by atoms with Crippen molar-refractivity contribution in [2.75, 3.05) is 20.2 Å². The molecule has 0 amide bonds. The number of nitro benzene ring substituents is 1. The molecular formula is C12H20ClN3O5S. The standard InChI is InChI=1S/C12H19N3O5S.ClH/c1-4-13-9(2)8-14-21(18,19)10-5-6-12(20-3)11(7-10)15(16)17;/h5-7,9,13-14H,4,8H2,1-3H3;1H/t9-;/m1./s1. The third kappa shape index (κ3) is 5.41. The van der Waals surface area contributed by atoms with Crippen LogP contribution in [0.5, 0.6) is 5.75 Å². The number of benzene rings is 1. The van der Waals surface area contributed by atoms with Crippen LogP contribution in [-0.2, 0) is 10.0 Å². The number of hydrogen-bond acceptors (Lipinski definition) is 6. The molecule has 0 aliphatic rings. The maximum absolute atomic E-state index is 12.1. The predicted octanol–water partition coefficient (Wildman–Crippen LogP) is 1.30. The Morgan fingerprint density at radius 3 is 2.55 bits per heavy atom. The van der Waals surface area contributed by atoms with Gasteiger partial charge in [0, 0.05) is 18.7 Å². The van der Waals surface area contributed by atoms with Crippen LogP contribution < -0.4 is 14.8 Å². The molecule has 0 aliphatic carbocycles. The van der Waals surface area contributed by atoms with E-state index < -0.39 is 14.9 Å². The molecule has 1 aromatic carbocycles. The first-order chi connectivity index (χ1) is 9.81. The highest BCUT2D eigenvalue weighted by Gasteiger charge is 2.22. The molecule has 10 heteroatoms. The lowest BCUT2D eigenvalue weighted by atomic mass is 10.3. The zero-order chi connectivity index (χ0) is 16.0. The molecule has 0 fully saturated rings. The molecule has 0 spiro atoms. The van der Waals surface area contributed by atoms with Crippen molar-refractivity contribution in [2.45, 2.75) is 24.8 Å². The first-order valence-corrected chi connectivity index (χ1v) is 7.85. The van der Waals surface area contributed by atoms with Crippen LogP contribution in [0.2, 0.25) is 0 Å². The second-order valence-corrected chi connectivity index (χ2v) is 6.17. The van der Waals surface area contributed by atoms with E-state index >= 15 is 0 Å². The molecule has 0 aliphatic heterocycles. The van der Waals surface area contributed by atoms with Gasteiger partial charge in [-0.2, -0.15) is 0 Å². The number of nitrogens with one attached hydrogen (secondary N) is 2. The van der Waals surface area contributed by atoms with E-state index in [0.717, 1.165) is 12.6 Å². The number of sulfonamides is 1. The van der Waals surface area contributed by atoms with Crippen LogP contribution in [0.3, 0.4) is 0 Å². The van der Waals surface area contributed by atoms with E-state index in [1.807, 2.05) is 13.8 Å². The molecule has 126 valence electrons. The normalized spacial score (nSPS) is 12.3. The van der Waals surface area contributed by atoms with E-state index in [1.165, 1.54) is 19.2 Å². The van der Waals surface area contributed by atoms with E-state index in [2.05, 4.69) is 10.0 Å². The summed E-state index contributed by atoms with van der Waals surface area (Å²) in [6, 6.07) is 3.48. The minimum atomic E-state index is -3.80. The minimum absolute atomic E-state index is 0. The molecule has 0 heterocycles. The number of likely N-dealkylation sites (N-methyl/N-ethyl adjacent to an activating group) is 1. The molecular weight excluding hydrogens is 334 g/mol. The maximum atomic E-state index is 12.1. The van der Waals surface area contributed by atoms with Crippen LogP contribution in [0, 0.1) is 10.1 Å². The lowest BCUT2D eigenvalue weighted by molar-refractivity contribution is -0.386. The van der Waals surface area contributed by atoms with Crippen molar-refractivity contribution in [1.82, 2.24) is 10.0 Å². The van der Waals surface area contributed by atoms with Crippen molar-refractivity contribution < 1.29 is 18.1 Å². The summed E-state index contributed by atoms with van der Waals surface area (Å²) in [5.41, 5.74) is -0.389. The van der Waals surface area contributed by atoms with Crippen molar-refractivity contribution >= 4 is 28.1 Å². The Balaban J connectivity index is 0.00000441. The summed E-state index contributed by atoms with van der Waals surface area (Å²) in [7, 11) is -2.52. The minimum Gasteiger partial charge on any atom is -0.490 e. The van der Waals surface area contributed by atoms with Crippen LogP contribution in [0.25, 0.3) is 0 Å². The van der Waals surface area contributed by atoms with Crippen molar-refractivity contribution in [3.63, 3.8) is 0 Å². The van der Waals surface area contributed by atoms with Gasteiger partial charge in [0.05, 0.1) is 16.9 Å². The molecule has 0 bridgehead atoms. The smallest absolute Gasteiger partial charge is 0.312 e. The van der Waals surface area contributed by atoms with Crippen LogP contribution in [0.4, 0.5) is 5.69 Å². The Bertz CT molecular complexity index is 609. The van der Waals surface area contributed by atoms with Crippen LogP contribution >= 0.6 is 12.4 Å². The van der Waals surface area contributed by atoms with Crippen molar-refractivity contribution in [3.05, 3.63) is 28.3 Å². The monoisotopic (exact) mass is 353 g/mol. The molecule has 1 rings (SSSR count). The Hall–Kier alpha value is -1.42. The Morgan fingerprint density at radius 1 is 1.41 bits per heavy atom. The molecule has 22 heavy (non-hydrogen) atoms. The highest BCUT2D eigenvalue weighted by atomic mass is 35.5. The summed E-state index contributed by atoms with van der Waals surface area (Å²) in [4.78, 5) is 10.1. The van der Waals surface area contributed by atoms with E-state index in [-0.39, 0.29) is 41.3 Å². The van der Waals surface area contributed by atoms with E-state index in [4.69, 9.17) is 4.74 Å². The van der Waals surface area contributed by atoms with Crippen molar-refractivity contribution in [1.29, 1.82) is 0 Å². The number of hydrogen-bond donors (Lipinski definition) is 2. The average molecular weight is 354 g/mol. The van der Waals surface area contributed by atoms with E-state index in [0.29, 0.717) is 0 Å². The lowest BCUT2D eigenvalue weighted by Crippen LogP contribution is -2.38. The number of nitro groups is 1. The quantitative estimate of drug-likeness (QED) is 0.538. The van der Waals surface area contributed by atoms with Gasteiger partial charge in [-0.3, -0.25) is 10.1 Å². The van der Waals surface area contributed by atoms with Crippen molar-refractivity contribution in [3.8, 4) is 5.75 Å². The zero-order valence-electron chi connectivity index (χ0n) is 12.5. The summed E-state index contributed by atoms with van der Waals surface area (Å²) in [5, 5.41) is 14.0. The molecule has 0 unspecified atom stereocenters. The lowest BCUT2D eigenvalue weighted by Gasteiger charge is -2.13.